The Morgan fingerprint density at radius 2 is 2.15 bits per heavy atom. The normalized spacial score (nSPS) is 34.0. The lowest BCUT2D eigenvalue weighted by atomic mass is 9.89. The van der Waals surface area contributed by atoms with E-state index in [1.807, 2.05) is 6.92 Å². The molecule has 7 heteroatoms. The van der Waals surface area contributed by atoms with Crippen LogP contribution in [-0.4, -0.2) is 51.9 Å². The molecule has 0 aromatic carbocycles. The Hall–Kier alpha value is -1.47. The molecule has 2 aliphatic rings. The van der Waals surface area contributed by atoms with Gasteiger partial charge in [-0.25, -0.2) is 8.78 Å². The Kier molecular flexibility index (Phi) is 8.23. The van der Waals surface area contributed by atoms with Gasteiger partial charge in [-0.3, -0.25) is 4.79 Å². The zero-order valence-corrected chi connectivity index (χ0v) is 15.6. The molecule has 0 spiro atoms. The number of halogens is 2. The minimum Gasteiger partial charge on any atom is -0.491 e. The number of hydrogen-bond acceptors (Lipinski definition) is 4. The fourth-order valence-corrected chi connectivity index (χ4v) is 3.84. The van der Waals surface area contributed by atoms with Crippen LogP contribution in [0.15, 0.2) is 24.0 Å². The molecule has 0 aromatic rings. The van der Waals surface area contributed by atoms with E-state index in [1.165, 1.54) is 12.2 Å². The number of rotatable bonds is 10. The van der Waals surface area contributed by atoms with Crippen LogP contribution >= 0.6 is 0 Å². The van der Waals surface area contributed by atoms with E-state index in [2.05, 4.69) is 0 Å². The van der Waals surface area contributed by atoms with E-state index in [0.29, 0.717) is 19.3 Å². The van der Waals surface area contributed by atoms with Crippen molar-refractivity contribution in [3.8, 4) is 0 Å². The van der Waals surface area contributed by atoms with Crippen molar-refractivity contribution in [1.29, 1.82) is 0 Å². The highest BCUT2D eigenvalue weighted by Crippen LogP contribution is 2.47. The van der Waals surface area contributed by atoms with Gasteiger partial charge in [0, 0.05) is 24.7 Å². The molecule has 0 radical (unpaired) electrons. The van der Waals surface area contributed by atoms with Crippen molar-refractivity contribution in [3.63, 3.8) is 0 Å². The molecule has 0 aromatic heterocycles. The van der Waals surface area contributed by atoms with Gasteiger partial charge in [0.15, 0.2) is 6.17 Å². The van der Waals surface area contributed by atoms with Crippen molar-refractivity contribution in [2.24, 2.45) is 11.8 Å². The Morgan fingerprint density at radius 1 is 1.41 bits per heavy atom. The van der Waals surface area contributed by atoms with Crippen LogP contribution in [0.4, 0.5) is 8.78 Å². The molecule has 2 rings (SSSR count). The zero-order chi connectivity index (χ0) is 20.0. The second-order valence-electron chi connectivity index (χ2n) is 7.44. The molecule has 1 aliphatic carbocycles. The molecule has 27 heavy (non-hydrogen) atoms. The summed E-state index contributed by atoms with van der Waals surface area (Å²) in [5.74, 6) is -1.84. The van der Waals surface area contributed by atoms with Crippen LogP contribution in [0.2, 0.25) is 0 Å². The number of fused-ring (bicyclic) bond motifs is 1. The molecule has 3 N–H and O–H groups in total. The molecule has 0 bridgehead atoms. The summed E-state index contributed by atoms with van der Waals surface area (Å²) in [5, 5.41) is 28.8. The Labute approximate surface area is 158 Å². The summed E-state index contributed by atoms with van der Waals surface area (Å²) in [7, 11) is 0. The molecule has 154 valence electrons. The molecular weight excluding hydrogens is 358 g/mol. The van der Waals surface area contributed by atoms with Crippen molar-refractivity contribution < 1.29 is 33.6 Å². The van der Waals surface area contributed by atoms with E-state index in [4.69, 9.17) is 9.84 Å². The summed E-state index contributed by atoms with van der Waals surface area (Å²) in [6, 6.07) is 0. The maximum atomic E-state index is 14.8. The maximum absolute atomic E-state index is 14.8. The monoisotopic (exact) mass is 388 g/mol. The maximum Gasteiger partial charge on any atom is 0.303 e. The van der Waals surface area contributed by atoms with E-state index in [1.54, 1.807) is 6.08 Å². The van der Waals surface area contributed by atoms with Gasteiger partial charge in [0.1, 0.15) is 24.1 Å². The Bertz CT molecular complexity index is 550. The fraction of sp³-hybridized carbons (Fsp3) is 0.750. The second-order valence-corrected chi connectivity index (χ2v) is 7.44. The molecule has 2 fully saturated rings. The average molecular weight is 388 g/mol. The smallest absolute Gasteiger partial charge is 0.303 e. The average Bonchev–Trinajstić information content (AvgIpc) is 3.09. The summed E-state index contributed by atoms with van der Waals surface area (Å²) < 4.78 is 34.3. The molecule has 0 amide bonds. The van der Waals surface area contributed by atoms with E-state index in [-0.39, 0.29) is 25.0 Å². The number of carbonyl (C=O) groups is 1. The van der Waals surface area contributed by atoms with Crippen LogP contribution < -0.4 is 0 Å². The first-order valence-corrected chi connectivity index (χ1v) is 9.76. The molecule has 2 unspecified atom stereocenters. The fourth-order valence-electron chi connectivity index (χ4n) is 3.84. The van der Waals surface area contributed by atoms with Crippen molar-refractivity contribution >= 4 is 5.97 Å². The number of allylic oxidation sites excluding steroid dienone is 2. The summed E-state index contributed by atoms with van der Waals surface area (Å²) in [5.41, 5.74) is 0. The van der Waals surface area contributed by atoms with Gasteiger partial charge in [0.2, 0.25) is 0 Å². The summed E-state index contributed by atoms with van der Waals surface area (Å²) >= 11 is 0. The summed E-state index contributed by atoms with van der Waals surface area (Å²) in [4.78, 5) is 10.5. The Morgan fingerprint density at radius 3 is 2.81 bits per heavy atom. The van der Waals surface area contributed by atoms with Crippen molar-refractivity contribution in [3.05, 3.63) is 24.0 Å². The number of aliphatic hydroxyl groups excluding tert-OH is 2. The van der Waals surface area contributed by atoms with Gasteiger partial charge in [0.25, 0.3) is 0 Å². The predicted octanol–water partition coefficient (Wildman–Crippen LogP) is 3.30. The van der Waals surface area contributed by atoms with Crippen molar-refractivity contribution in [1.82, 2.24) is 0 Å². The van der Waals surface area contributed by atoms with Crippen LogP contribution in [0.3, 0.4) is 0 Å². The molecule has 1 saturated carbocycles. The number of carboxylic acid groups (broad SMARTS) is 1. The SMILES string of the molecule is CCCCC(F)[C@H](O)/C=C/[C@@H]1[C@H]2C(F)/C(=C/CCCC(=O)O)O[C@H]2C[C@H]1O. The van der Waals surface area contributed by atoms with E-state index in [9.17, 15) is 23.8 Å². The summed E-state index contributed by atoms with van der Waals surface area (Å²) in [6.07, 6.45) is 1.98. The standard InChI is InChI=1S/C20H30F2O5/c1-2-3-6-13(21)14(23)10-9-12-15(24)11-17-19(12)20(22)16(27-17)7-4-5-8-18(25)26/h7,9-10,12-15,17,19-20,23-24H,2-6,8,11H2,1H3,(H,25,26)/b10-9+,16-7-/t12-,13?,14+,15+,17-,19+,20?/m0/s1. The van der Waals surface area contributed by atoms with Crippen LogP contribution in [0.1, 0.15) is 51.9 Å². The number of aliphatic hydroxyl groups is 2. The first kappa shape index (κ1) is 21.8. The van der Waals surface area contributed by atoms with Gasteiger partial charge in [-0.1, -0.05) is 31.9 Å². The number of carboxylic acids is 1. The lowest BCUT2D eigenvalue weighted by Gasteiger charge is -2.19. The van der Waals surface area contributed by atoms with Gasteiger partial charge in [-0.05, 0) is 25.3 Å². The van der Waals surface area contributed by atoms with E-state index in [0.717, 1.165) is 6.42 Å². The van der Waals surface area contributed by atoms with E-state index < -0.39 is 48.5 Å². The molecule has 7 atom stereocenters. The highest BCUT2D eigenvalue weighted by molar-refractivity contribution is 5.66. The van der Waals surface area contributed by atoms with Gasteiger partial charge in [0.05, 0.1) is 6.10 Å². The minimum absolute atomic E-state index is 0.0119. The molecule has 1 aliphatic heterocycles. The third-order valence-electron chi connectivity index (χ3n) is 5.36. The first-order chi connectivity index (χ1) is 12.8. The molecule has 1 heterocycles. The van der Waals surface area contributed by atoms with E-state index >= 15 is 0 Å². The number of hydrogen-bond donors (Lipinski definition) is 3. The van der Waals surface area contributed by atoms with Crippen LogP contribution in [0, 0.1) is 11.8 Å². The first-order valence-electron chi connectivity index (χ1n) is 9.76. The summed E-state index contributed by atoms with van der Waals surface area (Å²) in [6.45, 7) is 1.94. The topological polar surface area (TPSA) is 87.0 Å². The molecule has 5 nitrogen and oxygen atoms in total. The lowest BCUT2D eigenvalue weighted by molar-refractivity contribution is -0.137. The van der Waals surface area contributed by atoms with Gasteiger partial charge >= 0.3 is 5.97 Å². The molecule has 1 saturated heterocycles. The second kappa shape index (κ2) is 10.2. The minimum atomic E-state index is -1.40. The Balaban J connectivity index is 1.95. The zero-order valence-electron chi connectivity index (χ0n) is 15.6. The number of unbranched alkanes of at least 4 members (excludes halogenated alkanes) is 2. The van der Waals surface area contributed by atoms with Gasteiger partial charge in [-0.2, -0.15) is 0 Å². The van der Waals surface area contributed by atoms with Crippen LogP contribution in [0.5, 0.6) is 0 Å². The largest absolute Gasteiger partial charge is 0.491 e. The number of aliphatic carboxylic acids is 1. The lowest BCUT2D eigenvalue weighted by Crippen LogP contribution is -2.26. The number of ether oxygens (including phenoxy) is 1. The predicted molar refractivity (Wildman–Crippen MR) is 96.5 cm³/mol. The molecular formula is C20H30F2O5. The van der Waals surface area contributed by atoms with Crippen molar-refractivity contribution in [2.45, 2.75) is 82.5 Å². The van der Waals surface area contributed by atoms with Gasteiger partial charge < -0.3 is 20.1 Å². The highest BCUT2D eigenvalue weighted by atomic mass is 19.1. The number of alkyl halides is 2. The van der Waals surface area contributed by atoms with Crippen molar-refractivity contribution in [2.75, 3.05) is 0 Å². The van der Waals surface area contributed by atoms with Crippen LogP contribution in [0.25, 0.3) is 0 Å². The highest BCUT2D eigenvalue weighted by Gasteiger charge is 2.53. The third kappa shape index (κ3) is 5.75. The quantitative estimate of drug-likeness (QED) is 0.395. The third-order valence-corrected chi connectivity index (χ3v) is 5.36. The van der Waals surface area contributed by atoms with Crippen LogP contribution in [-0.2, 0) is 9.53 Å². The van der Waals surface area contributed by atoms with Gasteiger partial charge in [-0.15, -0.1) is 0 Å².